The molecule has 1 aliphatic heterocycles. The van der Waals surface area contributed by atoms with Gasteiger partial charge in [-0.25, -0.2) is 21.6 Å². The molecule has 1 atom stereocenters. The number of hydrogen-bond donors (Lipinski definition) is 1. The molecule has 0 radical (unpaired) electrons. The lowest BCUT2D eigenvalue weighted by atomic mass is 9.88. The van der Waals surface area contributed by atoms with E-state index in [1.54, 1.807) is 12.1 Å². The fraction of sp³-hybridized carbons (Fsp3) is 0.368. The van der Waals surface area contributed by atoms with Crippen molar-refractivity contribution in [1.29, 1.82) is 0 Å². The topological polar surface area (TPSA) is 46.2 Å². The molecule has 0 amide bonds. The Labute approximate surface area is 165 Å². The van der Waals surface area contributed by atoms with Gasteiger partial charge in [-0.3, -0.25) is 0 Å². The molecule has 1 saturated heterocycles. The third-order valence-electron chi connectivity index (χ3n) is 4.88. The highest BCUT2D eigenvalue weighted by Gasteiger charge is 2.41. The van der Waals surface area contributed by atoms with Crippen LogP contribution in [0, 0.1) is 11.6 Å². The molecule has 27 heavy (non-hydrogen) atoms. The fourth-order valence-electron chi connectivity index (χ4n) is 3.35. The first kappa shape index (κ1) is 20.4. The van der Waals surface area contributed by atoms with Crippen LogP contribution in [0.1, 0.15) is 30.1 Å². The van der Waals surface area contributed by atoms with Crippen molar-refractivity contribution in [2.24, 2.45) is 0 Å². The predicted octanol–water partition coefficient (Wildman–Crippen LogP) is 4.72. The lowest BCUT2D eigenvalue weighted by Gasteiger charge is -2.33. The molecule has 0 aliphatic carbocycles. The number of piperidine rings is 1. The summed E-state index contributed by atoms with van der Waals surface area (Å²) in [5.74, 6) is -1.80. The Kier molecular flexibility index (Phi) is 5.98. The van der Waals surface area contributed by atoms with Crippen LogP contribution in [0.25, 0.3) is 0 Å². The Hall–Kier alpha value is -1.38. The second kappa shape index (κ2) is 7.93. The molecular formula is C19H19BrF3NO2S. The van der Waals surface area contributed by atoms with Crippen molar-refractivity contribution >= 4 is 25.8 Å². The monoisotopic (exact) mass is 461 g/mol. The molecule has 1 fully saturated rings. The SMILES string of the molecule is O=S(=O)(c1ccc(Br)cc1)C(CC1(F)CCNCC1)c1ccc(F)cc1F. The van der Waals surface area contributed by atoms with E-state index in [-0.39, 0.29) is 29.7 Å². The molecule has 2 aromatic carbocycles. The van der Waals surface area contributed by atoms with Crippen molar-refractivity contribution in [3.63, 3.8) is 0 Å². The molecule has 1 unspecified atom stereocenters. The molecule has 8 heteroatoms. The van der Waals surface area contributed by atoms with Gasteiger partial charge < -0.3 is 5.32 Å². The average molecular weight is 462 g/mol. The van der Waals surface area contributed by atoms with E-state index in [4.69, 9.17) is 0 Å². The molecule has 1 heterocycles. The zero-order valence-electron chi connectivity index (χ0n) is 14.4. The molecule has 3 rings (SSSR count). The zero-order valence-corrected chi connectivity index (χ0v) is 16.8. The Balaban J connectivity index is 2.07. The Morgan fingerprint density at radius 3 is 2.30 bits per heavy atom. The number of hydrogen-bond acceptors (Lipinski definition) is 3. The van der Waals surface area contributed by atoms with Gasteiger partial charge in [0.15, 0.2) is 9.84 Å². The smallest absolute Gasteiger partial charge is 0.185 e. The van der Waals surface area contributed by atoms with E-state index in [9.17, 15) is 17.2 Å². The van der Waals surface area contributed by atoms with E-state index in [0.29, 0.717) is 23.6 Å². The molecule has 0 saturated carbocycles. The number of nitrogens with one attached hydrogen (secondary N) is 1. The minimum absolute atomic E-state index is 0.0306. The molecule has 0 bridgehead atoms. The quantitative estimate of drug-likeness (QED) is 0.700. The highest BCUT2D eigenvalue weighted by Crippen LogP contribution is 2.41. The molecular weight excluding hydrogens is 443 g/mol. The minimum Gasteiger partial charge on any atom is -0.316 e. The van der Waals surface area contributed by atoms with Gasteiger partial charge in [-0.15, -0.1) is 0 Å². The van der Waals surface area contributed by atoms with Crippen LogP contribution in [0.3, 0.4) is 0 Å². The van der Waals surface area contributed by atoms with Crippen LogP contribution in [0.2, 0.25) is 0 Å². The summed E-state index contributed by atoms with van der Waals surface area (Å²) in [5.41, 5.74) is -1.95. The van der Waals surface area contributed by atoms with Crippen molar-refractivity contribution < 1.29 is 21.6 Å². The van der Waals surface area contributed by atoms with Crippen LogP contribution in [0.4, 0.5) is 13.2 Å². The number of benzene rings is 2. The van der Waals surface area contributed by atoms with E-state index in [2.05, 4.69) is 21.2 Å². The summed E-state index contributed by atoms with van der Waals surface area (Å²) in [7, 11) is -4.09. The third kappa shape index (κ3) is 4.55. The summed E-state index contributed by atoms with van der Waals surface area (Å²) in [6.45, 7) is 0.848. The Bertz CT molecular complexity index is 913. The summed E-state index contributed by atoms with van der Waals surface area (Å²) >= 11 is 3.24. The van der Waals surface area contributed by atoms with Crippen molar-refractivity contribution in [2.75, 3.05) is 13.1 Å². The maximum Gasteiger partial charge on any atom is 0.185 e. The summed E-state index contributed by atoms with van der Waals surface area (Å²) in [6.07, 6.45) is -0.0972. The fourth-order valence-corrected chi connectivity index (χ4v) is 5.50. The van der Waals surface area contributed by atoms with Crippen LogP contribution in [-0.4, -0.2) is 27.2 Å². The maximum absolute atomic E-state index is 15.3. The summed E-state index contributed by atoms with van der Waals surface area (Å²) in [5, 5.41) is 1.59. The first-order chi connectivity index (χ1) is 12.7. The van der Waals surface area contributed by atoms with Crippen LogP contribution >= 0.6 is 15.9 Å². The lowest BCUT2D eigenvalue weighted by molar-refractivity contribution is 0.103. The van der Waals surface area contributed by atoms with Crippen molar-refractivity contribution in [3.8, 4) is 0 Å². The van der Waals surface area contributed by atoms with Gasteiger partial charge in [0.05, 0.1) is 10.1 Å². The third-order valence-corrected chi connectivity index (χ3v) is 7.50. The number of alkyl halides is 1. The first-order valence-electron chi connectivity index (χ1n) is 8.55. The largest absolute Gasteiger partial charge is 0.316 e. The van der Waals surface area contributed by atoms with Gasteiger partial charge in [-0.05, 0) is 56.3 Å². The number of halogens is 4. The molecule has 1 aliphatic rings. The van der Waals surface area contributed by atoms with Crippen LogP contribution < -0.4 is 5.32 Å². The number of sulfone groups is 1. The van der Waals surface area contributed by atoms with Gasteiger partial charge in [0.25, 0.3) is 0 Å². The first-order valence-corrected chi connectivity index (χ1v) is 10.9. The highest BCUT2D eigenvalue weighted by atomic mass is 79.9. The van der Waals surface area contributed by atoms with E-state index >= 15 is 4.39 Å². The Morgan fingerprint density at radius 2 is 1.70 bits per heavy atom. The van der Waals surface area contributed by atoms with E-state index in [1.165, 1.54) is 12.1 Å². The van der Waals surface area contributed by atoms with Crippen molar-refractivity contribution in [3.05, 3.63) is 64.1 Å². The second-order valence-electron chi connectivity index (χ2n) is 6.76. The van der Waals surface area contributed by atoms with Gasteiger partial charge >= 0.3 is 0 Å². The second-order valence-corrected chi connectivity index (χ2v) is 9.80. The van der Waals surface area contributed by atoms with Gasteiger partial charge in [-0.1, -0.05) is 22.0 Å². The van der Waals surface area contributed by atoms with E-state index < -0.39 is 32.4 Å². The zero-order chi connectivity index (χ0) is 19.7. The van der Waals surface area contributed by atoms with Gasteiger partial charge in [0.2, 0.25) is 0 Å². The Morgan fingerprint density at radius 1 is 1.07 bits per heavy atom. The molecule has 2 aromatic rings. The van der Waals surface area contributed by atoms with Gasteiger partial charge in [0.1, 0.15) is 17.3 Å². The molecule has 146 valence electrons. The molecule has 0 aromatic heterocycles. The number of rotatable bonds is 5. The predicted molar refractivity (Wildman–Crippen MR) is 101 cm³/mol. The standard InChI is InChI=1S/C19H19BrF3NO2S/c20-13-1-4-15(5-2-13)27(25,26)18(12-19(23)7-9-24-10-8-19)16-6-3-14(21)11-17(16)22/h1-6,11,18,24H,7-10,12H2. The highest BCUT2D eigenvalue weighted by molar-refractivity contribution is 9.10. The summed E-state index contributed by atoms with van der Waals surface area (Å²) in [6, 6.07) is 8.61. The van der Waals surface area contributed by atoms with Crippen LogP contribution in [0.15, 0.2) is 51.8 Å². The minimum atomic E-state index is -4.09. The van der Waals surface area contributed by atoms with E-state index in [0.717, 1.165) is 12.1 Å². The summed E-state index contributed by atoms with van der Waals surface area (Å²) in [4.78, 5) is -0.0306. The van der Waals surface area contributed by atoms with Crippen LogP contribution in [-0.2, 0) is 9.84 Å². The lowest BCUT2D eigenvalue weighted by Crippen LogP contribution is -2.40. The van der Waals surface area contributed by atoms with Crippen molar-refractivity contribution in [2.45, 2.75) is 35.1 Å². The maximum atomic E-state index is 15.3. The van der Waals surface area contributed by atoms with Crippen LogP contribution in [0.5, 0.6) is 0 Å². The normalized spacial score (nSPS) is 18.2. The van der Waals surface area contributed by atoms with E-state index in [1.807, 2.05) is 0 Å². The van der Waals surface area contributed by atoms with Gasteiger partial charge in [-0.2, -0.15) is 0 Å². The molecule has 0 spiro atoms. The molecule has 1 N–H and O–H groups in total. The average Bonchev–Trinajstić information content (AvgIpc) is 2.61. The van der Waals surface area contributed by atoms with Crippen molar-refractivity contribution in [1.82, 2.24) is 5.32 Å². The van der Waals surface area contributed by atoms with Gasteiger partial charge in [0, 0.05) is 22.5 Å². The molecule has 3 nitrogen and oxygen atoms in total. The summed E-state index contributed by atoms with van der Waals surface area (Å²) < 4.78 is 70.3.